The number of aromatic nitrogens is 4. The van der Waals surface area contributed by atoms with Gasteiger partial charge in [-0.1, -0.05) is 48.5 Å². The monoisotopic (exact) mass is 579 g/mol. The van der Waals surface area contributed by atoms with Crippen LogP contribution in [0.15, 0.2) is 60.9 Å². The first-order valence-corrected chi connectivity index (χ1v) is 14.8. The van der Waals surface area contributed by atoms with Gasteiger partial charge in [-0.25, -0.2) is 4.98 Å². The van der Waals surface area contributed by atoms with Gasteiger partial charge in [-0.3, -0.25) is 9.13 Å². The lowest BCUT2D eigenvalue weighted by molar-refractivity contribution is -0.0355. The average Bonchev–Trinajstić information content (AvgIpc) is 3.46. The number of anilines is 2. The lowest BCUT2D eigenvalue weighted by Crippen LogP contribution is -2.31. The second-order valence-electron chi connectivity index (χ2n) is 9.98. The predicted octanol–water partition coefficient (Wildman–Crippen LogP) is 4.31. The molecule has 4 aromatic carbocycles. The van der Waals surface area contributed by atoms with Gasteiger partial charge < -0.3 is 30.1 Å². The fraction of sp³-hybridized carbons (Fsp3) is 0.222. The van der Waals surface area contributed by atoms with Crippen LogP contribution >= 0.6 is 19.2 Å². The van der Waals surface area contributed by atoms with Gasteiger partial charge in [0.25, 0.3) is 0 Å². The Balaban J connectivity index is 1.28. The number of imidazole rings is 1. The Morgan fingerprint density at radius 1 is 0.950 bits per heavy atom. The highest BCUT2D eigenvalue weighted by molar-refractivity contribution is 7.51. The lowest BCUT2D eigenvalue weighted by Gasteiger charge is -2.17. The third kappa shape index (κ3) is 4.18. The molecule has 1 saturated heterocycles. The number of benzene rings is 4. The molecule has 11 nitrogen and oxygen atoms in total. The van der Waals surface area contributed by atoms with E-state index in [2.05, 4.69) is 56.7 Å². The number of fused-ring (bicyclic) bond motifs is 1. The Hall–Kier alpha value is -3.41. The minimum Gasteiger partial charge on any atom is -0.388 e. The lowest BCUT2D eigenvalue weighted by atomic mass is 9.93. The maximum Gasteiger partial charge on any atom is 0.325 e. The summed E-state index contributed by atoms with van der Waals surface area (Å²) < 4.78 is 18.6. The molecule has 1 aliphatic heterocycles. The summed E-state index contributed by atoms with van der Waals surface area (Å²) >= 11 is 6.32. The number of nitrogens with zero attached hydrogens (tertiary/aromatic N) is 4. The van der Waals surface area contributed by atoms with Crippen LogP contribution in [0, 0.1) is 0 Å². The molecule has 1 fully saturated rings. The number of halogens is 1. The second kappa shape index (κ2) is 9.32. The van der Waals surface area contributed by atoms with Crippen LogP contribution in [0.4, 0.5) is 11.5 Å². The van der Waals surface area contributed by atoms with Crippen LogP contribution in [-0.4, -0.2) is 64.0 Å². The van der Waals surface area contributed by atoms with Crippen LogP contribution < -0.4 is 5.32 Å². The van der Waals surface area contributed by atoms with E-state index in [1.165, 1.54) is 16.3 Å². The van der Waals surface area contributed by atoms with E-state index in [1.807, 2.05) is 18.2 Å². The van der Waals surface area contributed by atoms with Crippen molar-refractivity contribution in [2.75, 3.05) is 11.5 Å². The third-order valence-corrected chi connectivity index (χ3v) is 8.50. The molecule has 2 aromatic heterocycles. The van der Waals surface area contributed by atoms with E-state index in [4.69, 9.17) is 16.3 Å². The van der Waals surface area contributed by atoms with Crippen molar-refractivity contribution < 1.29 is 29.3 Å². The van der Waals surface area contributed by atoms with Crippen molar-refractivity contribution in [1.29, 1.82) is 0 Å². The van der Waals surface area contributed by atoms with E-state index in [1.54, 1.807) is 0 Å². The molecule has 0 saturated carbocycles. The summed E-state index contributed by atoms with van der Waals surface area (Å²) in [4.78, 5) is 31.5. The first-order valence-electron chi connectivity index (χ1n) is 12.6. The average molecular weight is 580 g/mol. The number of ether oxygens (including phenoxy) is 1. The highest BCUT2D eigenvalue weighted by Gasteiger charge is 2.44. The van der Waals surface area contributed by atoms with Crippen molar-refractivity contribution in [3.05, 3.63) is 66.2 Å². The topological polar surface area (TPSA) is 163 Å². The molecule has 0 radical (unpaired) electrons. The van der Waals surface area contributed by atoms with Crippen LogP contribution in [0.5, 0.6) is 0 Å². The van der Waals surface area contributed by atoms with Crippen LogP contribution in [0.3, 0.4) is 0 Å². The van der Waals surface area contributed by atoms with Crippen molar-refractivity contribution in [2.24, 2.45) is 0 Å². The van der Waals surface area contributed by atoms with E-state index >= 15 is 0 Å². The molecule has 4 unspecified atom stereocenters. The standard InChI is InChI=1S/C27H23ClN5O6P/c28-27-31-24(30-17-9-7-15-5-4-13-2-1-3-14-6-8-16(17)20(15)19(13)14)21-25(32-27)33(12-29-21)26-23(35)22(34)18(39-26)10-11-40(36,37)38/h1-9,12,18,22-23,26,34-35H,10-11H2,(H,30,31,32)(H2,36,37,38). The van der Waals surface area contributed by atoms with Gasteiger partial charge in [0, 0.05) is 11.1 Å². The van der Waals surface area contributed by atoms with E-state index in [0.717, 1.165) is 32.6 Å². The Labute approximate surface area is 231 Å². The Bertz CT molecular complexity index is 1950. The number of hydrogen-bond donors (Lipinski definition) is 5. The van der Waals surface area contributed by atoms with Crippen LogP contribution in [0.2, 0.25) is 5.28 Å². The minimum atomic E-state index is -4.31. The maximum absolute atomic E-state index is 11.3. The van der Waals surface area contributed by atoms with E-state index in [9.17, 15) is 24.6 Å². The van der Waals surface area contributed by atoms with Gasteiger partial charge >= 0.3 is 7.60 Å². The summed E-state index contributed by atoms with van der Waals surface area (Å²) in [7, 11) is -4.31. The molecule has 0 bridgehead atoms. The first-order chi connectivity index (χ1) is 19.2. The van der Waals surface area contributed by atoms with Gasteiger partial charge in [0.1, 0.15) is 12.2 Å². The molecule has 0 amide bonds. The van der Waals surface area contributed by atoms with Crippen LogP contribution in [0.25, 0.3) is 43.5 Å². The van der Waals surface area contributed by atoms with Gasteiger partial charge in [-0.15, -0.1) is 0 Å². The molecule has 204 valence electrons. The molecule has 13 heteroatoms. The molecule has 4 atom stereocenters. The number of rotatable bonds is 6. The fourth-order valence-electron chi connectivity index (χ4n) is 5.63. The third-order valence-electron chi connectivity index (χ3n) is 7.49. The quantitative estimate of drug-likeness (QED) is 0.109. The van der Waals surface area contributed by atoms with Gasteiger partial charge in [0.15, 0.2) is 23.2 Å². The Morgan fingerprint density at radius 3 is 2.40 bits per heavy atom. The van der Waals surface area contributed by atoms with Gasteiger partial charge in [-0.05, 0) is 51.0 Å². The molecule has 5 N–H and O–H groups in total. The first kappa shape index (κ1) is 25.6. The second-order valence-corrected chi connectivity index (χ2v) is 12.1. The summed E-state index contributed by atoms with van der Waals surface area (Å²) in [5, 5.41) is 31.2. The summed E-state index contributed by atoms with van der Waals surface area (Å²) in [6.45, 7) is 0. The summed E-state index contributed by atoms with van der Waals surface area (Å²) in [5.74, 6) is 0.342. The summed E-state index contributed by atoms with van der Waals surface area (Å²) in [6, 6.07) is 18.6. The molecule has 40 heavy (non-hydrogen) atoms. The van der Waals surface area contributed by atoms with Gasteiger partial charge in [-0.2, -0.15) is 9.97 Å². The van der Waals surface area contributed by atoms with Crippen molar-refractivity contribution in [3.63, 3.8) is 0 Å². The molecule has 0 aliphatic carbocycles. The zero-order valence-electron chi connectivity index (χ0n) is 20.7. The molecule has 0 spiro atoms. The molecule has 6 aromatic rings. The highest BCUT2D eigenvalue weighted by atomic mass is 35.5. The normalized spacial score (nSPS) is 21.8. The smallest absolute Gasteiger partial charge is 0.325 e. The molecular weight excluding hydrogens is 557 g/mol. The fourth-order valence-corrected chi connectivity index (χ4v) is 6.38. The highest BCUT2D eigenvalue weighted by Crippen LogP contribution is 2.41. The largest absolute Gasteiger partial charge is 0.388 e. The van der Waals surface area contributed by atoms with Gasteiger partial charge in [0.2, 0.25) is 5.28 Å². The van der Waals surface area contributed by atoms with Crippen LogP contribution in [-0.2, 0) is 9.30 Å². The predicted molar refractivity (Wildman–Crippen MR) is 151 cm³/mol. The van der Waals surface area contributed by atoms with Crippen molar-refractivity contribution >= 4 is 74.2 Å². The van der Waals surface area contributed by atoms with Crippen LogP contribution in [0.1, 0.15) is 12.6 Å². The van der Waals surface area contributed by atoms with E-state index in [-0.39, 0.29) is 17.4 Å². The zero-order chi connectivity index (χ0) is 27.8. The number of aliphatic hydroxyl groups is 2. The summed E-state index contributed by atoms with van der Waals surface area (Å²) in [6.07, 6.45) is -4.06. The maximum atomic E-state index is 11.3. The Kier molecular flexibility index (Phi) is 5.95. The molecule has 7 rings (SSSR count). The number of hydrogen-bond acceptors (Lipinski definition) is 8. The molecule has 1 aliphatic rings. The molecule has 3 heterocycles. The Morgan fingerprint density at radius 2 is 1.65 bits per heavy atom. The van der Waals surface area contributed by atoms with E-state index in [0.29, 0.717) is 11.3 Å². The number of aliphatic hydroxyl groups excluding tert-OH is 2. The minimum absolute atomic E-state index is 0.0689. The number of nitrogens with one attached hydrogen (secondary N) is 1. The zero-order valence-corrected chi connectivity index (χ0v) is 22.4. The molecular formula is C27H23ClN5O6P. The summed E-state index contributed by atoms with van der Waals surface area (Å²) in [5.41, 5.74) is 1.41. The van der Waals surface area contributed by atoms with E-state index < -0.39 is 38.3 Å². The SMILES string of the molecule is O=P(O)(O)CCC1OC(n2cnc3c(Nc4ccc5ccc6cccc7ccc4c5c67)nc(Cl)nc32)C(O)C1O. The van der Waals surface area contributed by atoms with Crippen molar-refractivity contribution in [3.8, 4) is 0 Å². The van der Waals surface area contributed by atoms with Crippen molar-refractivity contribution in [1.82, 2.24) is 19.5 Å². The van der Waals surface area contributed by atoms with Gasteiger partial charge in [0.05, 0.1) is 18.6 Å². The van der Waals surface area contributed by atoms with Crippen molar-refractivity contribution in [2.45, 2.75) is 31.0 Å².